The number of carboxylic acids is 1. The minimum absolute atomic E-state index is 0.180. The average Bonchev–Trinajstić information content (AvgIpc) is 2.50. The highest BCUT2D eigenvalue weighted by Crippen LogP contribution is 2.29. The van der Waals surface area contributed by atoms with Gasteiger partial charge in [0.25, 0.3) is 0 Å². The number of halogens is 1. The topological polar surface area (TPSA) is 46.5 Å². The van der Waals surface area contributed by atoms with Crippen LogP contribution in [0.3, 0.4) is 0 Å². The SMILES string of the molecule is CCCC(CC)c1ccc(F)c(OCCCCCC(=O)O)c1. The van der Waals surface area contributed by atoms with Crippen LogP contribution in [0.5, 0.6) is 5.75 Å². The van der Waals surface area contributed by atoms with Crippen molar-refractivity contribution in [3.05, 3.63) is 29.6 Å². The molecular weight excluding hydrogens is 283 g/mol. The summed E-state index contributed by atoms with van der Waals surface area (Å²) in [6.07, 6.45) is 5.57. The largest absolute Gasteiger partial charge is 0.491 e. The number of carbonyl (C=O) groups is 1. The van der Waals surface area contributed by atoms with Gasteiger partial charge in [0.15, 0.2) is 11.6 Å². The van der Waals surface area contributed by atoms with E-state index >= 15 is 0 Å². The number of aliphatic carboxylic acids is 1. The molecule has 0 bridgehead atoms. The second-order valence-electron chi connectivity index (χ2n) is 5.64. The van der Waals surface area contributed by atoms with Crippen molar-refractivity contribution in [2.75, 3.05) is 6.61 Å². The Morgan fingerprint density at radius 3 is 2.68 bits per heavy atom. The van der Waals surface area contributed by atoms with E-state index in [1.54, 1.807) is 0 Å². The molecule has 0 spiro atoms. The predicted octanol–water partition coefficient (Wildman–Crippen LogP) is 5.14. The molecule has 1 unspecified atom stereocenters. The molecule has 1 N–H and O–H groups in total. The first kappa shape index (κ1) is 18.5. The van der Waals surface area contributed by atoms with Gasteiger partial charge in [0.2, 0.25) is 0 Å². The van der Waals surface area contributed by atoms with Crippen LogP contribution in [0.15, 0.2) is 18.2 Å². The van der Waals surface area contributed by atoms with Crippen molar-refractivity contribution in [2.24, 2.45) is 0 Å². The standard InChI is InChI=1S/C18H27FO3/c1-3-8-14(4-2)15-10-11-16(19)17(13-15)22-12-7-5-6-9-18(20)21/h10-11,13-14H,3-9,12H2,1-2H3,(H,20,21). The number of rotatable bonds is 11. The molecule has 0 saturated heterocycles. The molecule has 22 heavy (non-hydrogen) atoms. The molecule has 0 aliphatic rings. The minimum Gasteiger partial charge on any atom is -0.491 e. The number of carboxylic acid groups (broad SMARTS) is 1. The Bertz CT molecular complexity index is 460. The lowest BCUT2D eigenvalue weighted by molar-refractivity contribution is -0.137. The summed E-state index contributed by atoms with van der Waals surface area (Å²) >= 11 is 0. The molecule has 4 heteroatoms. The molecule has 0 saturated carbocycles. The van der Waals surface area contributed by atoms with E-state index in [0.29, 0.717) is 24.7 Å². The zero-order chi connectivity index (χ0) is 16.4. The van der Waals surface area contributed by atoms with Gasteiger partial charge in [0, 0.05) is 6.42 Å². The number of hydrogen-bond donors (Lipinski definition) is 1. The fourth-order valence-electron chi connectivity index (χ4n) is 2.58. The molecule has 3 nitrogen and oxygen atoms in total. The molecule has 0 aliphatic carbocycles. The highest BCUT2D eigenvalue weighted by Gasteiger charge is 2.12. The van der Waals surface area contributed by atoms with E-state index in [9.17, 15) is 9.18 Å². The van der Waals surface area contributed by atoms with Crippen LogP contribution in [0.25, 0.3) is 0 Å². The summed E-state index contributed by atoms with van der Waals surface area (Å²) in [4.78, 5) is 10.4. The van der Waals surface area contributed by atoms with Crippen LogP contribution < -0.4 is 4.74 Å². The quantitative estimate of drug-likeness (QED) is 0.575. The smallest absolute Gasteiger partial charge is 0.303 e. The third-order valence-electron chi connectivity index (χ3n) is 3.85. The first-order valence-electron chi connectivity index (χ1n) is 8.22. The molecule has 1 aromatic rings. The summed E-state index contributed by atoms with van der Waals surface area (Å²) in [6.45, 7) is 4.72. The first-order valence-corrected chi connectivity index (χ1v) is 8.22. The van der Waals surface area contributed by atoms with Crippen molar-refractivity contribution < 1.29 is 19.0 Å². The van der Waals surface area contributed by atoms with Crippen molar-refractivity contribution in [3.63, 3.8) is 0 Å². The second-order valence-corrected chi connectivity index (χ2v) is 5.64. The Kier molecular flexibility index (Phi) is 8.56. The lowest BCUT2D eigenvalue weighted by Crippen LogP contribution is -2.03. The van der Waals surface area contributed by atoms with Crippen LogP contribution in [0.1, 0.15) is 70.3 Å². The summed E-state index contributed by atoms with van der Waals surface area (Å²) < 4.78 is 19.3. The Hall–Kier alpha value is -1.58. The van der Waals surface area contributed by atoms with Gasteiger partial charge in [-0.15, -0.1) is 0 Å². The summed E-state index contributed by atoms with van der Waals surface area (Å²) in [5.74, 6) is -0.351. The fraction of sp³-hybridized carbons (Fsp3) is 0.611. The van der Waals surface area contributed by atoms with Gasteiger partial charge in [-0.3, -0.25) is 4.79 Å². The van der Waals surface area contributed by atoms with E-state index in [2.05, 4.69) is 13.8 Å². The van der Waals surface area contributed by atoms with Gasteiger partial charge in [-0.25, -0.2) is 4.39 Å². The van der Waals surface area contributed by atoms with Crippen molar-refractivity contribution in [1.82, 2.24) is 0 Å². The van der Waals surface area contributed by atoms with Crippen LogP contribution in [0.2, 0.25) is 0 Å². The fourth-order valence-corrected chi connectivity index (χ4v) is 2.58. The Labute approximate surface area is 132 Å². The summed E-state index contributed by atoms with van der Waals surface area (Å²) in [5.41, 5.74) is 1.13. The summed E-state index contributed by atoms with van der Waals surface area (Å²) in [7, 11) is 0. The zero-order valence-corrected chi connectivity index (χ0v) is 13.6. The van der Waals surface area contributed by atoms with Gasteiger partial charge >= 0.3 is 5.97 Å². The maximum absolute atomic E-state index is 13.8. The molecule has 0 fully saturated rings. The van der Waals surface area contributed by atoms with Crippen molar-refractivity contribution in [2.45, 2.75) is 64.7 Å². The molecule has 0 radical (unpaired) electrons. The molecule has 124 valence electrons. The third-order valence-corrected chi connectivity index (χ3v) is 3.85. The number of hydrogen-bond acceptors (Lipinski definition) is 2. The van der Waals surface area contributed by atoms with E-state index in [1.807, 2.05) is 12.1 Å². The summed E-state index contributed by atoms with van der Waals surface area (Å²) in [5, 5.41) is 8.55. The molecule has 1 rings (SSSR count). The van der Waals surface area contributed by atoms with E-state index < -0.39 is 5.97 Å². The predicted molar refractivity (Wildman–Crippen MR) is 85.9 cm³/mol. The summed E-state index contributed by atoms with van der Waals surface area (Å²) in [6, 6.07) is 5.14. The van der Waals surface area contributed by atoms with E-state index in [0.717, 1.165) is 37.7 Å². The second kappa shape index (κ2) is 10.2. The van der Waals surface area contributed by atoms with Gasteiger partial charge in [0.05, 0.1) is 6.61 Å². The first-order chi connectivity index (χ1) is 10.6. The lowest BCUT2D eigenvalue weighted by atomic mass is 9.92. The maximum Gasteiger partial charge on any atom is 0.303 e. The van der Waals surface area contributed by atoms with E-state index in [1.165, 1.54) is 6.07 Å². The van der Waals surface area contributed by atoms with E-state index in [-0.39, 0.29) is 12.2 Å². The Balaban J connectivity index is 2.50. The lowest BCUT2D eigenvalue weighted by Gasteiger charge is -2.16. The highest BCUT2D eigenvalue weighted by molar-refractivity contribution is 5.66. The van der Waals surface area contributed by atoms with Gasteiger partial charge in [-0.2, -0.15) is 0 Å². The average molecular weight is 310 g/mol. The Morgan fingerprint density at radius 2 is 2.05 bits per heavy atom. The molecular formula is C18H27FO3. The maximum atomic E-state index is 13.8. The van der Waals surface area contributed by atoms with Gasteiger partial charge < -0.3 is 9.84 Å². The van der Waals surface area contributed by atoms with Gasteiger partial charge in [-0.1, -0.05) is 26.3 Å². The number of ether oxygens (including phenoxy) is 1. The zero-order valence-electron chi connectivity index (χ0n) is 13.6. The molecule has 1 aromatic carbocycles. The van der Waals surface area contributed by atoms with Crippen LogP contribution in [0.4, 0.5) is 4.39 Å². The van der Waals surface area contributed by atoms with Crippen molar-refractivity contribution >= 4 is 5.97 Å². The van der Waals surface area contributed by atoms with Gasteiger partial charge in [0.1, 0.15) is 0 Å². The molecule has 0 amide bonds. The Morgan fingerprint density at radius 1 is 1.27 bits per heavy atom. The van der Waals surface area contributed by atoms with Crippen LogP contribution in [0, 0.1) is 5.82 Å². The highest BCUT2D eigenvalue weighted by atomic mass is 19.1. The minimum atomic E-state index is -0.777. The third kappa shape index (κ3) is 6.46. The molecule has 0 heterocycles. The number of unbranched alkanes of at least 4 members (excludes halogenated alkanes) is 2. The monoisotopic (exact) mass is 310 g/mol. The van der Waals surface area contributed by atoms with Crippen molar-refractivity contribution in [1.29, 1.82) is 0 Å². The van der Waals surface area contributed by atoms with Crippen LogP contribution in [-0.4, -0.2) is 17.7 Å². The van der Waals surface area contributed by atoms with Crippen molar-refractivity contribution in [3.8, 4) is 5.75 Å². The number of benzene rings is 1. The van der Waals surface area contributed by atoms with Gasteiger partial charge in [-0.05, 0) is 55.7 Å². The molecule has 0 aromatic heterocycles. The normalized spacial score (nSPS) is 12.1. The molecule has 1 atom stereocenters. The van der Waals surface area contributed by atoms with E-state index in [4.69, 9.17) is 9.84 Å². The van der Waals surface area contributed by atoms with Crippen LogP contribution >= 0.6 is 0 Å². The van der Waals surface area contributed by atoms with Crippen LogP contribution in [-0.2, 0) is 4.79 Å². The molecule has 0 aliphatic heterocycles.